The normalized spacial score (nSPS) is 12.8. The van der Waals surface area contributed by atoms with Gasteiger partial charge in [-0.3, -0.25) is 0 Å². The van der Waals surface area contributed by atoms with Crippen molar-refractivity contribution in [3.63, 3.8) is 0 Å². The van der Waals surface area contributed by atoms with Crippen molar-refractivity contribution in [1.29, 1.82) is 0 Å². The van der Waals surface area contributed by atoms with E-state index in [2.05, 4.69) is 0 Å². The zero-order chi connectivity index (χ0) is 70.4. The Hall–Kier alpha value is -8.47. The molecule has 0 heterocycles. The Balaban J connectivity index is 0.918. The summed E-state index contributed by atoms with van der Waals surface area (Å²) in [5, 5.41) is 0. The zero-order valence-electron chi connectivity index (χ0n) is 49.0. The fraction of sp³-hybridized carbons (Fsp3) is 0.0294. The van der Waals surface area contributed by atoms with Crippen LogP contribution in [0.25, 0.3) is 0 Å². The van der Waals surface area contributed by atoms with E-state index in [1.807, 2.05) is 0 Å². The molecule has 0 spiro atoms. The first-order valence-electron chi connectivity index (χ1n) is 27.9. The summed E-state index contributed by atoms with van der Waals surface area (Å²) >= 11 is -4.18. The molecule has 0 aliphatic carbocycles. The summed E-state index contributed by atoms with van der Waals surface area (Å²) in [7, 11) is -25.2. The molecule has 0 amide bonds. The van der Waals surface area contributed by atoms with Crippen molar-refractivity contribution in [3.8, 4) is 0 Å². The minimum absolute atomic E-state index is 0.0300. The van der Waals surface area contributed by atoms with Crippen LogP contribution in [-0.2, 0) is 53.0 Å². The quantitative estimate of drug-likeness (QED) is 0.0299. The maximum absolute atomic E-state index is 15.3. The van der Waals surface area contributed by atoms with Gasteiger partial charge in [-0.1, -0.05) is 72.8 Å². The van der Waals surface area contributed by atoms with Gasteiger partial charge in [-0.25, -0.2) is 43.9 Å². The molecule has 11 aromatic carbocycles. The van der Waals surface area contributed by atoms with Gasteiger partial charge >= 0.3 is 363 Å². The molecule has 9 nitrogen and oxygen atoms in total. The van der Waals surface area contributed by atoms with Crippen LogP contribution in [0.1, 0.15) is 22.3 Å². The monoisotopic (exact) mass is 1570 g/mol. The van der Waals surface area contributed by atoms with Crippen molar-refractivity contribution >= 4 is 71.2 Å². The fourth-order valence-electron chi connectivity index (χ4n) is 10.1. The van der Waals surface area contributed by atoms with Crippen molar-refractivity contribution in [2.75, 3.05) is 0 Å². The third-order valence-electron chi connectivity index (χ3n) is 14.6. The summed E-state index contributed by atoms with van der Waals surface area (Å²) in [6.45, 7) is 0. The van der Waals surface area contributed by atoms with Gasteiger partial charge in [0.1, 0.15) is 0 Å². The van der Waals surface area contributed by atoms with E-state index < -0.39 is 173 Å². The van der Waals surface area contributed by atoms with Gasteiger partial charge in [0, 0.05) is 0 Å². The summed E-state index contributed by atoms with van der Waals surface area (Å²) in [6.07, 6.45) is 0.0600. The van der Waals surface area contributed by atoms with E-state index >= 15 is 26.3 Å². The molecular weight excluding hydrogens is 1530 g/mol. The molecule has 11 rings (SSSR count). The third kappa shape index (κ3) is 13.2. The molecule has 0 atom stereocenters. The molecule has 0 aliphatic heterocycles. The molecule has 30 heteroatoms. The average molecular weight is 1570 g/mol. The van der Waals surface area contributed by atoms with Crippen LogP contribution >= 0.6 is 40.9 Å². The van der Waals surface area contributed by atoms with Gasteiger partial charge < -0.3 is 0 Å². The summed E-state index contributed by atoms with van der Waals surface area (Å²) in [5.41, 5.74) is 1.89. The van der Waals surface area contributed by atoms with Crippen LogP contribution in [-0.4, -0.2) is 25.3 Å². The SMILES string of the molecule is O=S(=O)(OI(c1ccc(Cc2ccc(S(OS(=O)(=O)c3c(F)c(F)c(F)c(F)c3F)(c3ccccc3)c3ccccc3)cc2)cc1)c1ccc(Cc2ccc(S(OS(=O)(=O)c3c(F)c(F)c(F)c(F)c3F)(c3ccccc3)c3ccccc3)cc2)cc1)c1c(F)c(F)c(F)c(F)c1F. The van der Waals surface area contributed by atoms with Crippen LogP contribution in [0, 0.1) is 94.4 Å². The summed E-state index contributed by atoms with van der Waals surface area (Å²) in [6, 6.07) is 52.6. The van der Waals surface area contributed by atoms with E-state index in [0.29, 0.717) is 22.3 Å². The van der Waals surface area contributed by atoms with E-state index in [0.717, 1.165) is 0 Å². The van der Waals surface area contributed by atoms with E-state index in [1.54, 1.807) is 24.3 Å². The molecule has 0 saturated heterocycles. The van der Waals surface area contributed by atoms with E-state index in [9.17, 15) is 64.8 Å². The molecule has 0 unspecified atom stereocenters. The molecule has 508 valence electrons. The number of hydrogen-bond donors (Lipinski definition) is 0. The summed E-state index contributed by atoms with van der Waals surface area (Å²) in [5.74, 6) is -39.3. The predicted molar refractivity (Wildman–Crippen MR) is 337 cm³/mol. The van der Waals surface area contributed by atoms with Crippen molar-refractivity contribution < 1.29 is 101 Å². The van der Waals surface area contributed by atoms with Crippen molar-refractivity contribution in [2.45, 2.75) is 56.9 Å². The van der Waals surface area contributed by atoms with Crippen LogP contribution in [0.15, 0.2) is 262 Å². The van der Waals surface area contributed by atoms with Gasteiger partial charge in [-0.05, 0) is 0 Å². The Morgan fingerprint density at radius 2 is 0.429 bits per heavy atom. The number of rotatable bonds is 21. The molecule has 0 radical (unpaired) electrons. The van der Waals surface area contributed by atoms with Crippen LogP contribution in [0.5, 0.6) is 0 Å². The van der Waals surface area contributed by atoms with Crippen molar-refractivity contribution in [3.05, 3.63) is 335 Å². The van der Waals surface area contributed by atoms with Gasteiger partial charge in [0.05, 0.1) is 0 Å². The van der Waals surface area contributed by atoms with Gasteiger partial charge in [0.15, 0.2) is 56.3 Å². The predicted octanol–water partition coefficient (Wildman–Crippen LogP) is 19.0. The standard InChI is InChI=1S/C68H40F15IO9S5/c69-51-54(72)60(78)66(61(79)55(51)73)96(85,86)91-84(43-29-21-39(22-30-43)37-41-25-33-49(34-26-41)94(45-13-5-1-6-14-45,46-15-7-2-8-16-46)92-97(87,88)67-62(80)56(74)52(70)57(75)63(67)81)44-31-23-40(24-32-44)38-42-27-35-50(36-28-42)95(47-17-9-3-10-18-47,48-19-11-4-12-20-48)93-98(89,90)68-64(82)58(76)53(71)59(77)65(68)83/h1-36H,37-38H2. The topological polar surface area (TPSA) is 130 Å². The van der Waals surface area contributed by atoms with Crippen LogP contribution in [0.2, 0.25) is 0 Å². The third-order valence-corrected chi connectivity index (χ3v) is 32.4. The molecule has 0 fully saturated rings. The van der Waals surface area contributed by atoms with E-state index in [-0.39, 0.29) is 49.4 Å². The fourth-order valence-corrected chi connectivity index (χ4v) is 27.7. The molecule has 0 aromatic heterocycles. The summed E-state index contributed by atoms with van der Waals surface area (Å²) < 4.78 is 323. The second kappa shape index (κ2) is 28.0. The first-order chi connectivity index (χ1) is 46.5. The van der Waals surface area contributed by atoms with Gasteiger partial charge in [0.25, 0.3) is 0 Å². The Bertz CT molecular complexity index is 4780. The maximum atomic E-state index is 15.3. The van der Waals surface area contributed by atoms with Gasteiger partial charge in [0.2, 0.25) is 11.6 Å². The van der Waals surface area contributed by atoms with Gasteiger partial charge in [-0.15, -0.1) is 0 Å². The second-order valence-corrected chi connectivity index (χ2v) is 36.0. The molecule has 11 aromatic rings. The van der Waals surface area contributed by atoms with Crippen LogP contribution < -0.4 is 0 Å². The zero-order valence-corrected chi connectivity index (χ0v) is 55.2. The summed E-state index contributed by atoms with van der Waals surface area (Å²) in [4.78, 5) is -6.27. The first-order valence-corrected chi connectivity index (χ1v) is 38.3. The van der Waals surface area contributed by atoms with Gasteiger partial charge in [-0.2, -0.15) is 16.8 Å². The Morgan fingerprint density at radius 1 is 0.235 bits per heavy atom. The van der Waals surface area contributed by atoms with Crippen LogP contribution in [0.3, 0.4) is 0 Å². The van der Waals surface area contributed by atoms with Crippen molar-refractivity contribution in [1.82, 2.24) is 0 Å². The molecule has 98 heavy (non-hydrogen) atoms. The minimum atomic E-state index is -5.91. The van der Waals surface area contributed by atoms with E-state index in [4.69, 9.17) is 9.77 Å². The second-order valence-electron chi connectivity index (χ2n) is 20.8. The average Bonchev–Trinajstić information content (AvgIpc) is 0.739. The Morgan fingerprint density at radius 3 is 0.663 bits per heavy atom. The van der Waals surface area contributed by atoms with Crippen molar-refractivity contribution in [2.24, 2.45) is 0 Å². The Labute approximate surface area is 560 Å². The molecule has 0 saturated carbocycles. The number of hydrogen-bond acceptors (Lipinski definition) is 9. The van der Waals surface area contributed by atoms with E-state index in [1.165, 1.54) is 194 Å². The first kappa shape index (κ1) is 70.8. The Kier molecular flexibility index (Phi) is 20.3. The molecule has 0 aliphatic rings. The van der Waals surface area contributed by atoms with Crippen LogP contribution in [0.4, 0.5) is 65.9 Å². The molecule has 0 N–H and O–H groups in total. The molecule has 0 bridgehead atoms. The number of benzene rings is 11. The molecular formula is C68H40F15IO9S5. The number of halogens is 16.